The van der Waals surface area contributed by atoms with E-state index in [2.05, 4.69) is 10.3 Å². The molecule has 11 heteroatoms. The minimum Gasteiger partial charge on any atom is -0.465 e. The normalized spacial score (nSPS) is 33.2. The number of hydrogen-bond acceptors (Lipinski definition) is 8. The number of nitrogens with zero attached hydrogens (tertiary/aromatic N) is 5. The first kappa shape index (κ1) is 26.6. The second-order valence-corrected chi connectivity index (χ2v) is 11.4. The fourth-order valence-corrected chi connectivity index (χ4v) is 6.96. The first-order valence-corrected chi connectivity index (χ1v) is 14.0. The molecule has 1 unspecified atom stereocenters. The van der Waals surface area contributed by atoms with E-state index in [1.807, 2.05) is 56.3 Å². The summed E-state index contributed by atoms with van der Waals surface area (Å²) >= 11 is 0. The van der Waals surface area contributed by atoms with Crippen LogP contribution in [-0.4, -0.2) is 90.7 Å². The van der Waals surface area contributed by atoms with Gasteiger partial charge in [0.25, 0.3) is 5.91 Å². The topological polar surface area (TPSA) is 127 Å². The molecule has 6 rings (SSSR count). The Balaban J connectivity index is 1.47. The molecule has 11 nitrogen and oxygen atoms in total. The van der Waals surface area contributed by atoms with Crippen molar-refractivity contribution in [3.63, 3.8) is 0 Å². The van der Waals surface area contributed by atoms with Gasteiger partial charge in [0.05, 0.1) is 36.3 Å². The number of aliphatic hydroxyl groups is 1. The van der Waals surface area contributed by atoms with Crippen LogP contribution in [0.15, 0.2) is 48.6 Å². The van der Waals surface area contributed by atoms with E-state index in [1.165, 1.54) is 4.90 Å². The van der Waals surface area contributed by atoms with Gasteiger partial charge in [-0.15, -0.1) is 5.10 Å². The number of carbonyl (C=O) groups excluding carboxylic acids is 3. The highest BCUT2D eigenvalue weighted by Crippen LogP contribution is 2.57. The average molecular weight is 550 g/mol. The van der Waals surface area contributed by atoms with Crippen LogP contribution in [-0.2, 0) is 30.5 Å². The highest BCUT2D eigenvalue weighted by molar-refractivity contribution is 5.99. The van der Waals surface area contributed by atoms with Gasteiger partial charge in [-0.1, -0.05) is 61.9 Å². The molecule has 0 radical (unpaired) electrons. The average Bonchev–Trinajstić information content (AvgIpc) is 3.50. The molecular formula is C29H35N5O6. The Morgan fingerprint density at radius 1 is 1.12 bits per heavy atom. The van der Waals surface area contributed by atoms with Crippen LogP contribution in [0.4, 0.5) is 0 Å². The first-order chi connectivity index (χ1) is 19.3. The Morgan fingerprint density at radius 3 is 2.70 bits per heavy atom. The molecule has 0 saturated carbocycles. The minimum atomic E-state index is -1.42. The fraction of sp³-hybridized carbons (Fsp3) is 0.552. The van der Waals surface area contributed by atoms with Gasteiger partial charge in [-0.25, -0.2) is 4.68 Å². The molecule has 40 heavy (non-hydrogen) atoms. The number of carbonyl (C=O) groups is 3. The molecule has 2 saturated heterocycles. The van der Waals surface area contributed by atoms with E-state index < -0.39 is 41.1 Å². The van der Waals surface area contributed by atoms with Crippen molar-refractivity contribution in [2.24, 2.45) is 17.8 Å². The van der Waals surface area contributed by atoms with E-state index in [9.17, 15) is 19.5 Å². The lowest BCUT2D eigenvalue weighted by atomic mass is 9.74. The molecule has 2 amide bonds. The SMILES string of the molecule is CC[C@H](C)[C@H](CO)N1C(=O)[C@@H]2[C@H]3C(=O)OCCC=C[C@@]3(C)O[C@@]23C=CCN(Cn2nnc4ccccc42)C(=O)C13. The van der Waals surface area contributed by atoms with Crippen LogP contribution in [0.25, 0.3) is 11.0 Å². The third-order valence-electron chi connectivity index (χ3n) is 9.11. The number of ether oxygens (including phenoxy) is 2. The molecule has 7 atom stereocenters. The maximum atomic E-state index is 14.6. The summed E-state index contributed by atoms with van der Waals surface area (Å²) in [6.45, 7) is 5.95. The van der Waals surface area contributed by atoms with Crippen LogP contribution in [0.5, 0.6) is 0 Å². The number of aromatic nitrogens is 3. The maximum absolute atomic E-state index is 14.6. The number of cyclic esters (lactones) is 1. The van der Waals surface area contributed by atoms with E-state index in [0.717, 1.165) is 5.52 Å². The predicted molar refractivity (Wildman–Crippen MR) is 143 cm³/mol. The van der Waals surface area contributed by atoms with Crippen molar-refractivity contribution >= 4 is 28.8 Å². The lowest BCUT2D eigenvalue weighted by Gasteiger charge is -2.41. The lowest BCUT2D eigenvalue weighted by molar-refractivity contribution is -0.163. The fourth-order valence-electron chi connectivity index (χ4n) is 6.96. The number of benzene rings is 1. The number of para-hydroxylation sites is 1. The summed E-state index contributed by atoms with van der Waals surface area (Å²) in [7, 11) is 0. The number of esters is 1. The van der Waals surface area contributed by atoms with E-state index in [0.29, 0.717) is 18.4 Å². The molecule has 212 valence electrons. The zero-order chi connectivity index (χ0) is 28.2. The Bertz CT molecular complexity index is 1400. The van der Waals surface area contributed by atoms with Crippen molar-refractivity contribution in [2.75, 3.05) is 19.8 Å². The number of hydrogen-bond donors (Lipinski definition) is 1. The van der Waals surface area contributed by atoms with Crippen molar-refractivity contribution in [3.8, 4) is 0 Å². The standard InChI is InChI=1S/C29H35N5O6/c1-4-18(2)21(16-35)34-24-26(37)32(17-33-20-11-6-5-10-19(20)30-31-33)14-9-13-29(24)22(25(34)36)23-27(38)39-15-8-7-12-28(23,3)40-29/h5-7,9-13,18,21-24,35H,4,8,14-17H2,1-3H3/t18-,21-,22-,23-,24?,28+,29-/m0/s1. The van der Waals surface area contributed by atoms with Crippen molar-refractivity contribution in [3.05, 3.63) is 48.6 Å². The summed E-state index contributed by atoms with van der Waals surface area (Å²) in [6, 6.07) is 5.77. The van der Waals surface area contributed by atoms with Gasteiger partial charge >= 0.3 is 5.97 Å². The minimum absolute atomic E-state index is 0.104. The van der Waals surface area contributed by atoms with Crippen molar-refractivity contribution < 1.29 is 29.0 Å². The summed E-state index contributed by atoms with van der Waals surface area (Å²) in [5.41, 5.74) is -1.07. The molecule has 1 N–H and O–H groups in total. The summed E-state index contributed by atoms with van der Waals surface area (Å²) < 4.78 is 14.0. The monoisotopic (exact) mass is 549 g/mol. The second-order valence-electron chi connectivity index (χ2n) is 11.4. The Labute approximate surface area is 232 Å². The van der Waals surface area contributed by atoms with Crippen LogP contribution in [0.1, 0.15) is 33.6 Å². The van der Waals surface area contributed by atoms with Crippen molar-refractivity contribution in [1.29, 1.82) is 0 Å². The Hall–Kier alpha value is -3.57. The van der Waals surface area contributed by atoms with E-state index >= 15 is 0 Å². The third-order valence-corrected chi connectivity index (χ3v) is 9.11. The van der Waals surface area contributed by atoms with Crippen molar-refractivity contribution in [1.82, 2.24) is 24.8 Å². The number of rotatable bonds is 6. The van der Waals surface area contributed by atoms with Gasteiger partial charge in [0.15, 0.2) is 0 Å². The van der Waals surface area contributed by atoms with Gasteiger partial charge < -0.3 is 24.4 Å². The van der Waals surface area contributed by atoms with Gasteiger partial charge in [0.1, 0.15) is 29.7 Å². The summed E-state index contributed by atoms with van der Waals surface area (Å²) in [5, 5.41) is 19.0. The van der Waals surface area contributed by atoms with Crippen LogP contribution in [0, 0.1) is 17.8 Å². The molecule has 1 spiro atoms. The molecule has 4 aliphatic rings. The highest BCUT2D eigenvalue weighted by Gasteiger charge is 2.75. The number of fused-ring (bicyclic) bond motifs is 3. The van der Waals surface area contributed by atoms with Gasteiger partial charge in [-0.3, -0.25) is 14.4 Å². The van der Waals surface area contributed by atoms with Gasteiger partial charge in [0.2, 0.25) is 5.91 Å². The van der Waals surface area contributed by atoms with E-state index in [4.69, 9.17) is 9.47 Å². The summed E-state index contributed by atoms with van der Waals surface area (Å²) in [6.07, 6.45) is 8.57. The number of likely N-dealkylation sites (tertiary alicyclic amines) is 1. The van der Waals surface area contributed by atoms with Crippen LogP contribution < -0.4 is 0 Å². The molecular weight excluding hydrogens is 514 g/mol. The van der Waals surface area contributed by atoms with Gasteiger partial charge in [-0.05, 0) is 31.4 Å². The van der Waals surface area contributed by atoms with E-state index in [-0.39, 0.29) is 44.2 Å². The van der Waals surface area contributed by atoms with Gasteiger partial charge in [0, 0.05) is 6.54 Å². The largest absolute Gasteiger partial charge is 0.465 e. The molecule has 5 heterocycles. The zero-order valence-corrected chi connectivity index (χ0v) is 23.0. The van der Waals surface area contributed by atoms with Crippen LogP contribution in [0.2, 0.25) is 0 Å². The zero-order valence-electron chi connectivity index (χ0n) is 23.0. The van der Waals surface area contributed by atoms with Crippen LogP contribution >= 0.6 is 0 Å². The summed E-state index contributed by atoms with van der Waals surface area (Å²) in [4.78, 5) is 45.6. The number of aliphatic hydroxyl groups excluding tert-OH is 1. The van der Waals surface area contributed by atoms with Gasteiger partial charge in [-0.2, -0.15) is 0 Å². The molecule has 1 aromatic carbocycles. The molecule has 4 aliphatic heterocycles. The predicted octanol–water partition coefficient (Wildman–Crippen LogP) is 1.67. The van der Waals surface area contributed by atoms with Crippen LogP contribution in [0.3, 0.4) is 0 Å². The smallest absolute Gasteiger partial charge is 0.313 e. The first-order valence-electron chi connectivity index (χ1n) is 14.0. The highest BCUT2D eigenvalue weighted by atomic mass is 16.6. The lowest BCUT2D eigenvalue weighted by Crippen LogP contribution is -2.60. The molecule has 1 aromatic heterocycles. The molecule has 0 aliphatic carbocycles. The third kappa shape index (κ3) is 3.81. The molecule has 2 aromatic rings. The Morgan fingerprint density at radius 2 is 1.93 bits per heavy atom. The summed E-state index contributed by atoms with van der Waals surface area (Å²) in [5.74, 6) is -3.25. The Kier molecular flexibility index (Phi) is 6.53. The molecule has 2 fully saturated rings. The number of amides is 2. The van der Waals surface area contributed by atoms with Crippen molar-refractivity contribution in [2.45, 2.75) is 63.6 Å². The van der Waals surface area contributed by atoms with E-state index in [1.54, 1.807) is 22.6 Å². The quantitative estimate of drug-likeness (QED) is 0.426. The maximum Gasteiger partial charge on any atom is 0.313 e. The molecule has 0 bridgehead atoms. The second kappa shape index (κ2) is 9.81.